The Balaban J connectivity index is 0.00000200. The smallest absolute Gasteiger partial charge is 0.257 e. The number of nitrogens with zero attached hydrogens (tertiary/aromatic N) is 1. The van der Waals surface area contributed by atoms with Crippen molar-refractivity contribution in [3.05, 3.63) is 34.6 Å². The van der Waals surface area contributed by atoms with Crippen LogP contribution in [0.25, 0.3) is 0 Å². The van der Waals surface area contributed by atoms with Crippen LogP contribution in [0, 0.1) is 5.82 Å². The van der Waals surface area contributed by atoms with E-state index in [-0.39, 0.29) is 41.0 Å². The van der Waals surface area contributed by atoms with E-state index in [1.807, 2.05) is 6.92 Å². The Hall–Kier alpha value is -0.840. The Bertz CT molecular complexity index is 482. The summed E-state index contributed by atoms with van der Waals surface area (Å²) in [5, 5.41) is -0.0276. The third-order valence-electron chi connectivity index (χ3n) is 3.60. The highest BCUT2D eigenvalue weighted by molar-refractivity contribution is 6.31. The van der Waals surface area contributed by atoms with Crippen LogP contribution >= 0.6 is 24.0 Å². The molecule has 0 radical (unpaired) electrons. The first-order valence-electron chi connectivity index (χ1n) is 6.53. The van der Waals surface area contributed by atoms with Crippen LogP contribution in [0.3, 0.4) is 0 Å². The molecule has 1 amide bonds. The van der Waals surface area contributed by atoms with Crippen LogP contribution in [0.2, 0.25) is 5.02 Å². The van der Waals surface area contributed by atoms with Crippen LogP contribution in [-0.4, -0.2) is 29.4 Å². The average molecular weight is 321 g/mol. The number of rotatable bonds is 2. The summed E-state index contributed by atoms with van der Waals surface area (Å²) in [5.41, 5.74) is 5.96. The molecular formula is C14H19Cl2FN2O. The number of carbonyl (C=O) groups is 1. The minimum absolute atomic E-state index is 0. The summed E-state index contributed by atoms with van der Waals surface area (Å²) >= 11 is 5.73. The summed E-state index contributed by atoms with van der Waals surface area (Å²) in [4.78, 5) is 14.1. The lowest BCUT2D eigenvalue weighted by atomic mass is 9.96. The van der Waals surface area contributed by atoms with Crippen LogP contribution in [0.5, 0.6) is 0 Å². The van der Waals surface area contributed by atoms with Crippen molar-refractivity contribution in [1.29, 1.82) is 0 Å². The first kappa shape index (κ1) is 17.2. The molecule has 1 saturated heterocycles. The topological polar surface area (TPSA) is 46.3 Å². The molecule has 1 fully saturated rings. The van der Waals surface area contributed by atoms with Crippen molar-refractivity contribution in [2.75, 3.05) is 6.54 Å². The highest BCUT2D eigenvalue weighted by Gasteiger charge is 2.31. The van der Waals surface area contributed by atoms with Crippen LogP contribution in [0.1, 0.15) is 36.5 Å². The number of hydrogen-bond donors (Lipinski definition) is 1. The Morgan fingerprint density at radius 3 is 2.85 bits per heavy atom. The van der Waals surface area contributed by atoms with E-state index in [4.69, 9.17) is 17.3 Å². The summed E-state index contributed by atoms with van der Waals surface area (Å²) in [6.07, 6.45) is 2.84. The molecule has 6 heteroatoms. The largest absolute Gasteiger partial charge is 0.334 e. The molecule has 0 spiro atoms. The third-order valence-corrected chi connectivity index (χ3v) is 3.89. The molecule has 0 saturated carbocycles. The maximum absolute atomic E-state index is 13.9. The number of piperidine rings is 1. The molecule has 1 aliphatic heterocycles. The lowest BCUT2D eigenvalue weighted by Crippen LogP contribution is -2.51. The van der Waals surface area contributed by atoms with Gasteiger partial charge in [-0.25, -0.2) is 4.39 Å². The van der Waals surface area contributed by atoms with Gasteiger partial charge in [0.1, 0.15) is 0 Å². The second-order valence-electron chi connectivity index (χ2n) is 5.02. The molecule has 2 rings (SSSR count). The van der Waals surface area contributed by atoms with E-state index < -0.39 is 5.82 Å². The van der Waals surface area contributed by atoms with Gasteiger partial charge in [0.25, 0.3) is 5.91 Å². The third kappa shape index (κ3) is 3.43. The number of likely N-dealkylation sites (tertiary alicyclic amines) is 1. The van der Waals surface area contributed by atoms with Gasteiger partial charge in [0.2, 0.25) is 0 Å². The van der Waals surface area contributed by atoms with E-state index >= 15 is 0 Å². The highest BCUT2D eigenvalue weighted by Crippen LogP contribution is 2.24. The highest BCUT2D eigenvalue weighted by atomic mass is 35.5. The molecule has 0 aromatic heterocycles. The Labute approximate surface area is 129 Å². The van der Waals surface area contributed by atoms with Crippen molar-refractivity contribution in [3.8, 4) is 0 Å². The fraction of sp³-hybridized carbons (Fsp3) is 0.500. The van der Waals surface area contributed by atoms with Crippen molar-refractivity contribution < 1.29 is 9.18 Å². The van der Waals surface area contributed by atoms with Crippen molar-refractivity contribution in [2.45, 2.75) is 38.3 Å². The number of halogens is 3. The summed E-state index contributed by atoms with van der Waals surface area (Å²) in [6.45, 7) is 2.50. The first-order chi connectivity index (χ1) is 9.02. The first-order valence-corrected chi connectivity index (χ1v) is 6.90. The molecular weight excluding hydrogens is 302 g/mol. The monoisotopic (exact) mass is 320 g/mol. The molecule has 1 aliphatic rings. The lowest BCUT2D eigenvalue weighted by Gasteiger charge is -2.38. The minimum atomic E-state index is -0.650. The Morgan fingerprint density at radius 2 is 2.20 bits per heavy atom. The minimum Gasteiger partial charge on any atom is -0.334 e. The van der Waals surface area contributed by atoms with Gasteiger partial charge >= 0.3 is 0 Å². The van der Waals surface area contributed by atoms with Crippen molar-refractivity contribution in [1.82, 2.24) is 4.90 Å². The van der Waals surface area contributed by atoms with Crippen molar-refractivity contribution >= 4 is 29.9 Å². The van der Waals surface area contributed by atoms with Gasteiger partial charge in [-0.05, 0) is 38.3 Å². The second kappa shape index (κ2) is 7.25. The molecule has 1 heterocycles. The zero-order chi connectivity index (χ0) is 14.0. The predicted molar refractivity (Wildman–Crippen MR) is 81.0 cm³/mol. The summed E-state index contributed by atoms with van der Waals surface area (Å²) in [6, 6.07) is 4.35. The Morgan fingerprint density at radius 1 is 1.50 bits per heavy atom. The fourth-order valence-electron chi connectivity index (χ4n) is 2.58. The lowest BCUT2D eigenvalue weighted by molar-refractivity contribution is 0.0579. The summed E-state index contributed by atoms with van der Waals surface area (Å²) < 4.78 is 13.9. The average Bonchev–Trinajstić information content (AvgIpc) is 2.41. The number of amides is 1. The molecule has 2 atom stereocenters. The van der Waals surface area contributed by atoms with Gasteiger partial charge in [-0.15, -0.1) is 12.4 Å². The SMILES string of the molecule is CC(N)C1CCCCN1C(=O)c1cccc(Cl)c1F.Cl. The summed E-state index contributed by atoms with van der Waals surface area (Å²) in [7, 11) is 0. The maximum atomic E-state index is 13.9. The molecule has 1 aromatic rings. The van der Waals surface area contributed by atoms with E-state index in [9.17, 15) is 9.18 Å². The van der Waals surface area contributed by atoms with Gasteiger partial charge in [0, 0.05) is 18.6 Å². The van der Waals surface area contributed by atoms with E-state index in [0.29, 0.717) is 6.54 Å². The normalized spacial score (nSPS) is 20.2. The van der Waals surface area contributed by atoms with E-state index in [1.165, 1.54) is 12.1 Å². The van der Waals surface area contributed by atoms with E-state index in [2.05, 4.69) is 0 Å². The van der Waals surface area contributed by atoms with Gasteiger partial charge < -0.3 is 10.6 Å². The molecule has 20 heavy (non-hydrogen) atoms. The van der Waals surface area contributed by atoms with E-state index in [1.54, 1.807) is 11.0 Å². The van der Waals surface area contributed by atoms with Gasteiger partial charge in [0.15, 0.2) is 5.82 Å². The zero-order valence-electron chi connectivity index (χ0n) is 11.3. The van der Waals surface area contributed by atoms with E-state index in [0.717, 1.165) is 19.3 Å². The molecule has 0 aliphatic carbocycles. The molecule has 0 bridgehead atoms. The zero-order valence-corrected chi connectivity index (χ0v) is 12.9. The number of carbonyl (C=O) groups excluding carboxylic acids is 1. The Kier molecular flexibility index (Phi) is 6.24. The van der Waals surface area contributed by atoms with Crippen LogP contribution < -0.4 is 5.73 Å². The quantitative estimate of drug-likeness (QED) is 0.909. The molecule has 2 unspecified atom stereocenters. The summed E-state index contributed by atoms with van der Waals surface area (Å²) in [5.74, 6) is -0.967. The van der Waals surface area contributed by atoms with Crippen LogP contribution in [-0.2, 0) is 0 Å². The van der Waals surface area contributed by atoms with Gasteiger partial charge in [-0.1, -0.05) is 17.7 Å². The van der Waals surface area contributed by atoms with Crippen LogP contribution in [0.15, 0.2) is 18.2 Å². The number of hydrogen-bond acceptors (Lipinski definition) is 2. The van der Waals surface area contributed by atoms with Crippen molar-refractivity contribution in [3.63, 3.8) is 0 Å². The fourth-order valence-corrected chi connectivity index (χ4v) is 2.75. The van der Waals surface area contributed by atoms with Crippen molar-refractivity contribution in [2.24, 2.45) is 5.73 Å². The number of benzene rings is 1. The molecule has 1 aromatic carbocycles. The molecule has 2 N–H and O–H groups in total. The molecule has 3 nitrogen and oxygen atoms in total. The van der Waals surface area contributed by atoms with Gasteiger partial charge in [-0.2, -0.15) is 0 Å². The van der Waals surface area contributed by atoms with Gasteiger partial charge in [0.05, 0.1) is 10.6 Å². The predicted octanol–water partition coefficient (Wildman–Crippen LogP) is 3.24. The van der Waals surface area contributed by atoms with Crippen LogP contribution in [0.4, 0.5) is 4.39 Å². The molecule has 112 valence electrons. The number of nitrogens with two attached hydrogens (primary N) is 1. The standard InChI is InChI=1S/C14H18ClFN2O.ClH/c1-9(17)12-7-2-3-8-18(12)14(19)10-5-4-6-11(15)13(10)16;/h4-6,9,12H,2-3,7-8,17H2,1H3;1H. The van der Waals surface area contributed by atoms with Gasteiger partial charge in [-0.3, -0.25) is 4.79 Å². The second-order valence-corrected chi connectivity index (χ2v) is 5.43. The maximum Gasteiger partial charge on any atom is 0.257 e.